The number of hydrogen-bond acceptors (Lipinski definition) is 5. The largest absolute Gasteiger partial charge is 0.462 e. The maximum Gasteiger partial charge on any atom is 0.337 e. The quantitative estimate of drug-likeness (QED) is 0.403. The average molecular weight is 376 g/mol. The molecule has 3 rings (SSSR count). The second-order valence-corrected chi connectivity index (χ2v) is 9.23. The van der Waals surface area contributed by atoms with E-state index in [1.807, 2.05) is 0 Å². The number of carbonyl (C=O) groups excluding carboxylic acids is 2. The number of ether oxygens (including phenoxy) is 3. The lowest BCUT2D eigenvalue weighted by Crippen LogP contribution is -2.46. The SMILES string of the molecule is CC1=CC(O/C=C2/C(=O)OCCC[C@@H]3C(C)(C)CCC[C@@]3(C)[C@H]2C)OC1=O. The summed E-state index contributed by atoms with van der Waals surface area (Å²) in [5.41, 5.74) is 1.29. The molecular weight excluding hydrogens is 344 g/mol. The van der Waals surface area contributed by atoms with Gasteiger partial charge in [0.1, 0.15) is 0 Å². The summed E-state index contributed by atoms with van der Waals surface area (Å²) in [7, 11) is 0. The van der Waals surface area contributed by atoms with Gasteiger partial charge in [-0.2, -0.15) is 0 Å². The second-order valence-electron chi connectivity index (χ2n) is 9.23. The van der Waals surface area contributed by atoms with Gasteiger partial charge in [-0.1, -0.05) is 34.1 Å². The molecule has 1 aliphatic carbocycles. The van der Waals surface area contributed by atoms with Gasteiger partial charge < -0.3 is 14.2 Å². The van der Waals surface area contributed by atoms with E-state index in [2.05, 4.69) is 27.7 Å². The van der Waals surface area contributed by atoms with Gasteiger partial charge in [0, 0.05) is 11.6 Å². The Labute approximate surface area is 162 Å². The van der Waals surface area contributed by atoms with E-state index in [0.717, 1.165) is 25.7 Å². The molecule has 0 aromatic carbocycles. The molecule has 2 fully saturated rings. The molecule has 4 atom stereocenters. The number of cyclic esters (lactones) is 2. The predicted octanol–water partition coefficient (Wildman–Crippen LogP) is 4.52. The summed E-state index contributed by atoms with van der Waals surface area (Å²) in [4.78, 5) is 24.3. The highest BCUT2D eigenvalue weighted by Crippen LogP contribution is 2.58. The van der Waals surface area contributed by atoms with Crippen molar-refractivity contribution in [3.05, 3.63) is 23.5 Å². The molecule has 1 unspecified atom stereocenters. The van der Waals surface area contributed by atoms with Crippen molar-refractivity contribution >= 4 is 11.9 Å². The smallest absolute Gasteiger partial charge is 0.337 e. The van der Waals surface area contributed by atoms with Crippen LogP contribution in [0.1, 0.15) is 66.7 Å². The average Bonchev–Trinajstić information content (AvgIpc) is 2.92. The third-order valence-electron chi connectivity index (χ3n) is 7.10. The van der Waals surface area contributed by atoms with Crippen LogP contribution >= 0.6 is 0 Å². The van der Waals surface area contributed by atoms with Crippen LogP contribution < -0.4 is 0 Å². The van der Waals surface area contributed by atoms with Crippen LogP contribution in [0.4, 0.5) is 0 Å². The first-order chi connectivity index (χ1) is 12.6. The topological polar surface area (TPSA) is 61.8 Å². The highest BCUT2D eigenvalue weighted by atomic mass is 16.7. The molecule has 0 bridgehead atoms. The van der Waals surface area contributed by atoms with Gasteiger partial charge in [-0.15, -0.1) is 0 Å². The van der Waals surface area contributed by atoms with E-state index < -0.39 is 6.29 Å². The Morgan fingerprint density at radius 1 is 1.15 bits per heavy atom. The van der Waals surface area contributed by atoms with Crippen molar-refractivity contribution in [1.82, 2.24) is 0 Å². The summed E-state index contributed by atoms with van der Waals surface area (Å²) in [6.07, 6.45) is 7.74. The Bertz CT molecular complexity index is 674. The van der Waals surface area contributed by atoms with Crippen molar-refractivity contribution in [2.24, 2.45) is 22.7 Å². The van der Waals surface area contributed by atoms with E-state index in [4.69, 9.17) is 14.2 Å². The van der Waals surface area contributed by atoms with Crippen molar-refractivity contribution in [2.75, 3.05) is 6.61 Å². The Hall–Kier alpha value is -1.78. The highest BCUT2D eigenvalue weighted by Gasteiger charge is 2.51. The Kier molecular flexibility index (Phi) is 5.42. The van der Waals surface area contributed by atoms with E-state index in [-0.39, 0.29) is 28.7 Å². The molecule has 5 nitrogen and oxygen atoms in total. The number of hydrogen-bond donors (Lipinski definition) is 0. The van der Waals surface area contributed by atoms with Crippen molar-refractivity contribution in [3.63, 3.8) is 0 Å². The zero-order chi connectivity index (χ0) is 19.8. The molecule has 0 aromatic rings. The first-order valence-electron chi connectivity index (χ1n) is 10.1. The normalized spacial score (nSPS) is 38.0. The molecule has 0 amide bonds. The van der Waals surface area contributed by atoms with Crippen molar-refractivity contribution in [2.45, 2.75) is 73.0 Å². The standard InChI is InChI=1S/C22H32O5/c1-14-12-18(27-19(14)23)26-13-16-15(2)22(5)10-7-9-21(3,4)17(22)8-6-11-25-20(16)24/h12-13,15,17-18H,6-11H2,1-5H3/b16-13+/t15-,17+,18?,22-/m0/s1. The summed E-state index contributed by atoms with van der Waals surface area (Å²) >= 11 is 0. The summed E-state index contributed by atoms with van der Waals surface area (Å²) in [6.45, 7) is 11.3. The van der Waals surface area contributed by atoms with E-state index in [9.17, 15) is 9.59 Å². The molecule has 2 aliphatic heterocycles. The summed E-state index contributed by atoms with van der Waals surface area (Å²) in [5, 5.41) is 0. The van der Waals surface area contributed by atoms with Gasteiger partial charge in [-0.05, 0) is 55.3 Å². The molecule has 5 heteroatoms. The molecule has 150 valence electrons. The van der Waals surface area contributed by atoms with Gasteiger partial charge in [0.15, 0.2) is 0 Å². The van der Waals surface area contributed by atoms with Crippen LogP contribution in [0.25, 0.3) is 0 Å². The van der Waals surface area contributed by atoms with Gasteiger partial charge in [0.25, 0.3) is 6.29 Å². The van der Waals surface area contributed by atoms with E-state index in [0.29, 0.717) is 23.7 Å². The van der Waals surface area contributed by atoms with Gasteiger partial charge in [-0.3, -0.25) is 0 Å². The third kappa shape index (κ3) is 3.78. The minimum absolute atomic E-state index is 0.00158. The minimum atomic E-state index is -0.774. The summed E-state index contributed by atoms with van der Waals surface area (Å²) < 4.78 is 16.3. The summed E-state index contributed by atoms with van der Waals surface area (Å²) in [6, 6.07) is 0. The van der Waals surface area contributed by atoms with E-state index >= 15 is 0 Å². The molecule has 1 saturated carbocycles. The first-order valence-corrected chi connectivity index (χ1v) is 10.1. The van der Waals surface area contributed by atoms with E-state index in [1.165, 1.54) is 12.7 Å². The van der Waals surface area contributed by atoms with Gasteiger partial charge >= 0.3 is 11.9 Å². The zero-order valence-corrected chi connectivity index (χ0v) is 17.2. The fraction of sp³-hybridized carbons (Fsp3) is 0.727. The van der Waals surface area contributed by atoms with Gasteiger partial charge in [-0.25, -0.2) is 9.59 Å². The maximum absolute atomic E-state index is 12.7. The molecule has 0 aromatic heterocycles. The first kappa shape index (κ1) is 20.0. The molecule has 27 heavy (non-hydrogen) atoms. The molecule has 3 aliphatic rings. The molecule has 0 N–H and O–H groups in total. The van der Waals surface area contributed by atoms with Crippen LogP contribution in [-0.2, 0) is 23.8 Å². The lowest BCUT2D eigenvalue weighted by atomic mass is 9.51. The van der Waals surface area contributed by atoms with Crippen LogP contribution in [-0.4, -0.2) is 24.8 Å². The lowest BCUT2D eigenvalue weighted by Gasteiger charge is -2.54. The molecule has 2 heterocycles. The molecule has 0 spiro atoms. The Morgan fingerprint density at radius 3 is 2.56 bits per heavy atom. The number of carbonyl (C=O) groups is 2. The van der Waals surface area contributed by atoms with Gasteiger partial charge in [0.2, 0.25) is 0 Å². The third-order valence-corrected chi connectivity index (χ3v) is 7.10. The highest BCUT2D eigenvalue weighted by molar-refractivity contribution is 5.90. The van der Waals surface area contributed by atoms with E-state index in [1.54, 1.807) is 13.0 Å². The number of fused-ring (bicyclic) bond motifs is 1. The fourth-order valence-corrected chi connectivity index (χ4v) is 5.33. The van der Waals surface area contributed by atoms with Crippen molar-refractivity contribution in [3.8, 4) is 0 Å². The van der Waals surface area contributed by atoms with Gasteiger partial charge in [0.05, 0.1) is 18.4 Å². The molecule has 1 saturated heterocycles. The minimum Gasteiger partial charge on any atom is -0.462 e. The monoisotopic (exact) mass is 376 g/mol. The van der Waals surface area contributed by atoms with Crippen LogP contribution in [0.15, 0.2) is 23.5 Å². The van der Waals surface area contributed by atoms with Crippen molar-refractivity contribution < 1.29 is 23.8 Å². The Balaban J connectivity index is 1.90. The number of rotatable bonds is 2. The molecular formula is C22H32O5. The predicted molar refractivity (Wildman–Crippen MR) is 101 cm³/mol. The number of esters is 2. The van der Waals surface area contributed by atoms with Crippen LogP contribution in [0, 0.1) is 22.7 Å². The second kappa shape index (κ2) is 7.33. The van der Waals surface area contributed by atoms with Crippen molar-refractivity contribution in [1.29, 1.82) is 0 Å². The molecule has 0 radical (unpaired) electrons. The Morgan fingerprint density at radius 2 is 1.89 bits per heavy atom. The van der Waals surface area contributed by atoms with Crippen LogP contribution in [0.2, 0.25) is 0 Å². The van der Waals surface area contributed by atoms with Crippen LogP contribution in [0.3, 0.4) is 0 Å². The lowest BCUT2D eigenvalue weighted by molar-refractivity contribution is -0.152. The summed E-state index contributed by atoms with van der Waals surface area (Å²) in [5.74, 6) is -0.199. The van der Waals surface area contributed by atoms with Crippen LogP contribution in [0.5, 0.6) is 0 Å². The maximum atomic E-state index is 12.7. The fourth-order valence-electron chi connectivity index (χ4n) is 5.33. The zero-order valence-electron chi connectivity index (χ0n) is 17.2.